The highest BCUT2D eigenvalue weighted by atomic mass is 16.3. The van der Waals surface area contributed by atoms with Crippen molar-refractivity contribution in [2.45, 2.75) is 50.4 Å². The molecule has 1 saturated carbocycles. The fourth-order valence-electron chi connectivity index (χ4n) is 5.56. The van der Waals surface area contributed by atoms with Crippen LogP contribution in [0.5, 0.6) is 0 Å². The Hall–Kier alpha value is -2.44. The van der Waals surface area contributed by atoms with Crippen LogP contribution in [0.2, 0.25) is 0 Å². The molecule has 158 valence electrons. The molecule has 1 saturated heterocycles. The van der Waals surface area contributed by atoms with Crippen LogP contribution in [-0.4, -0.2) is 45.7 Å². The average Bonchev–Trinajstić information content (AvgIpc) is 3.25. The van der Waals surface area contributed by atoms with Gasteiger partial charge >= 0.3 is 0 Å². The summed E-state index contributed by atoms with van der Waals surface area (Å²) in [5.41, 5.74) is 2.19. The Morgan fingerprint density at radius 1 is 1.10 bits per heavy atom. The molecule has 2 N–H and O–H groups in total. The second-order valence-electron chi connectivity index (χ2n) is 8.91. The average molecular weight is 408 g/mol. The first kappa shape index (κ1) is 19.5. The molecule has 2 aromatic rings. The highest BCUT2D eigenvalue weighted by Crippen LogP contribution is 2.49. The van der Waals surface area contributed by atoms with Gasteiger partial charge < -0.3 is 15.0 Å². The zero-order valence-electron chi connectivity index (χ0n) is 17.1. The quantitative estimate of drug-likeness (QED) is 0.765. The molecule has 4 atom stereocenters. The standard InChI is InChI=1S/C24H29N3O3/c28-15-19-18-14-27-20(10-5-11-21(27)29)22(18)26(13-12-16-6-2-1-3-7-16)23(19)24(30)25-17-8-4-9-17/h1-3,5-7,10-11,17-19,22-23,28H,4,8-9,12-15H2,(H,25,30)/t18-,19-,22+,23-/m1/s1. The molecular weight excluding hydrogens is 378 g/mol. The van der Waals surface area contributed by atoms with Crippen LogP contribution in [0.15, 0.2) is 53.3 Å². The van der Waals surface area contributed by atoms with Crippen molar-refractivity contribution in [1.29, 1.82) is 0 Å². The van der Waals surface area contributed by atoms with E-state index in [1.165, 1.54) is 5.56 Å². The second-order valence-corrected chi connectivity index (χ2v) is 8.91. The Bertz CT molecular complexity index is 969. The van der Waals surface area contributed by atoms with Crippen LogP contribution in [-0.2, 0) is 17.8 Å². The fourth-order valence-corrected chi connectivity index (χ4v) is 5.56. The van der Waals surface area contributed by atoms with Gasteiger partial charge in [-0.2, -0.15) is 0 Å². The normalized spacial score (nSPS) is 28.0. The molecule has 0 bridgehead atoms. The summed E-state index contributed by atoms with van der Waals surface area (Å²) in [4.78, 5) is 28.0. The van der Waals surface area contributed by atoms with E-state index < -0.39 is 0 Å². The number of aliphatic hydroxyl groups is 1. The van der Waals surface area contributed by atoms with Crippen molar-refractivity contribution >= 4 is 5.91 Å². The van der Waals surface area contributed by atoms with Crippen molar-refractivity contribution in [3.8, 4) is 0 Å². The molecule has 2 aliphatic heterocycles. The van der Waals surface area contributed by atoms with Gasteiger partial charge in [-0.15, -0.1) is 0 Å². The monoisotopic (exact) mass is 407 g/mol. The predicted octanol–water partition coefficient (Wildman–Crippen LogP) is 1.72. The smallest absolute Gasteiger partial charge is 0.250 e. The van der Waals surface area contributed by atoms with E-state index in [9.17, 15) is 14.7 Å². The Balaban J connectivity index is 1.48. The maximum absolute atomic E-state index is 13.3. The molecule has 1 aliphatic carbocycles. The minimum Gasteiger partial charge on any atom is -0.396 e. The number of aromatic nitrogens is 1. The number of nitrogens with zero attached hydrogens (tertiary/aromatic N) is 2. The van der Waals surface area contributed by atoms with Crippen molar-refractivity contribution < 1.29 is 9.90 Å². The summed E-state index contributed by atoms with van der Waals surface area (Å²) in [5.74, 6) is -0.0748. The summed E-state index contributed by atoms with van der Waals surface area (Å²) in [6.07, 6.45) is 4.07. The van der Waals surface area contributed by atoms with Crippen LogP contribution in [0, 0.1) is 11.8 Å². The van der Waals surface area contributed by atoms with Gasteiger partial charge in [0, 0.05) is 49.3 Å². The van der Waals surface area contributed by atoms with Gasteiger partial charge in [-0.1, -0.05) is 36.4 Å². The third-order valence-electron chi connectivity index (χ3n) is 7.29. The van der Waals surface area contributed by atoms with Gasteiger partial charge in [0.25, 0.3) is 5.56 Å². The van der Waals surface area contributed by atoms with E-state index >= 15 is 0 Å². The lowest BCUT2D eigenvalue weighted by Crippen LogP contribution is -2.52. The van der Waals surface area contributed by atoms with E-state index in [4.69, 9.17) is 0 Å². The Morgan fingerprint density at radius 2 is 1.90 bits per heavy atom. The van der Waals surface area contributed by atoms with Crippen molar-refractivity contribution in [3.63, 3.8) is 0 Å². The van der Waals surface area contributed by atoms with E-state index in [-0.39, 0.29) is 48.0 Å². The third kappa shape index (κ3) is 3.28. The summed E-state index contributed by atoms with van der Waals surface area (Å²) in [6, 6.07) is 15.6. The van der Waals surface area contributed by atoms with Crippen molar-refractivity contribution in [2.24, 2.45) is 11.8 Å². The molecule has 3 heterocycles. The SMILES string of the molecule is O=C(NC1CCC1)[C@H]1[C@H](CO)[C@H]2Cn3c(cccc3=O)[C@H]2N1CCc1ccccc1. The first-order valence-electron chi connectivity index (χ1n) is 11.1. The number of aliphatic hydroxyl groups excluding tert-OH is 1. The summed E-state index contributed by atoms with van der Waals surface area (Å²) < 4.78 is 1.83. The van der Waals surface area contributed by atoms with Gasteiger partial charge in [-0.3, -0.25) is 14.5 Å². The summed E-state index contributed by atoms with van der Waals surface area (Å²) in [7, 11) is 0. The third-order valence-corrected chi connectivity index (χ3v) is 7.29. The lowest BCUT2D eigenvalue weighted by Gasteiger charge is -2.34. The molecule has 1 aromatic carbocycles. The zero-order chi connectivity index (χ0) is 20.7. The molecule has 6 nitrogen and oxygen atoms in total. The number of nitrogens with one attached hydrogen (secondary N) is 1. The highest BCUT2D eigenvalue weighted by molar-refractivity contribution is 5.83. The number of carbonyl (C=O) groups is 1. The molecule has 6 heteroatoms. The molecule has 2 fully saturated rings. The van der Waals surface area contributed by atoms with Gasteiger partial charge in [0.15, 0.2) is 0 Å². The topological polar surface area (TPSA) is 74.6 Å². The molecule has 0 unspecified atom stereocenters. The predicted molar refractivity (Wildman–Crippen MR) is 114 cm³/mol. The number of hydrogen-bond donors (Lipinski definition) is 2. The Labute approximate surface area is 176 Å². The minimum atomic E-state index is -0.363. The van der Waals surface area contributed by atoms with Crippen LogP contribution in [0.1, 0.15) is 36.6 Å². The van der Waals surface area contributed by atoms with Gasteiger partial charge in [0.05, 0.1) is 12.1 Å². The van der Waals surface area contributed by atoms with Gasteiger partial charge in [0.1, 0.15) is 0 Å². The zero-order valence-corrected chi connectivity index (χ0v) is 17.1. The van der Waals surface area contributed by atoms with Crippen LogP contribution in [0.25, 0.3) is 0 Å². The Morgan fingerprint density at radius 3 is 2.60 bits per heavy atom. The molecule has 1 amide bonds. The van der Waals surface area contributed by atoms with E-state index in [1.54, 1.807) is 6.07 Å². The van der Waals surface area contributed by atoms with Gasteiger partial charge in [-0.25, -0.2) is 0 Å². The summed E-state index contributed by atoms with van der Waals surface area (Å²) in [5, 5.41) is 13.5. The van der Waals surface area contributed by atoms with E-state index in [2.05, 4.69) is 22.3 Å². The lowest BCUT2D eigenvalue weighted by molar-refractivity contribution is -0.129. The van der Waals surface area contributed by atoms with E-state index in [0.29, 0.717) is 13.1 Å². The van der Waals surface area contributed by atoms with Crippen LogP contribution in [0.4, 0.5) is 0 Å². The van der Waals surface area contributed by atoms with Crippen LogP contribution >= 0.6 is 0 Å². The fraction of sp³-hybridized carbons (Fsp3) is 0.500. The number of rotatable bonds is 6. The first-order valence-corrected chi connectivity index (χ1v) is 11.1. The second kappa shape index (κ2) is 8.00. The number of amides is 1. The van der Waals surface area contributed by atoms with Crippen LogP contribution < -0.4 is 10.9 Å². The lowest BCUT2D eigenvalue weighted by atomic mass is 9.87. The number of hydrogen-bond acceptors (Lipinski definition) is 4. The molecular formula is C24H29N3O3. The maximum atomic E-state index is 13.3. The number of likely N-dealkylation sites (tertiary alicyclic amines) is 1. The molecule has 5 rings (SSSR count). The summed E-state index contributed by atoms with van der Waals surface area (Å²) in [6.45, 7) is 1.24. The Kier molecular flexibility index (Phi) is 5.21. The number of fused-ring (bicyclic) bond motifs is 3. The molecule has 1 aromatic heterocycles. The molecule has 30 heavy (non-hydrogen) atoms. The van der Waals surface area contributed by atoms with E-state index in [1.807, 2.05) is 34.9 Å². The number of carbonyl (C=O) groups excluding carboxylic acids is 1. The maximum Gasteiger partial charge on any atom is 0.250 e. The van der Waals surface area contributed by atoms with Crippen LogP contribution in [0.3, 0.4) is 0 Å². The number of pyridine rings is 1. The molecule has 3 aliphatic rings. The van der Waals surface area contributed by atoms with Gasteiger partial charge in [0.2, 0.25) is 5.91 Å². The minimum absolute atomic E-state index is 0.00271. The summed E-state index contributed by atoms with van der Waals surface area (Å²) >= 11 is 0. The van der Waals surface area contributed by atoms with Crippen molar-refractivity contribution in [3.05, 3.63) is 70.1 Å². The largest absolute Gasteiger partial charge is 0.396 e. The number of benzene rings is 1. The van der Waals surface area contributed by atoms with Gasteiger partial charge in [-0.05, 0) is 37.3 Å². The molecule has 0 spiro atoms. The van der Waals surface area contributed by atoms with Crippen molar-refractivity contribution in [1.82, 2.24) is 14.8 Å². The highest BCUT2D eigenvalue weighted by Gasteiger charge is 2.55. The molecule has 0 radical (unpaired) electrons. The van der Waals surface area contributed by atoms with Crippen molar-refractivity contribution in [2.75, 3.05) is 13.2 Å². The van der Waals surface area contributed by atoms with E-state index in [0.717, 1.165) is 31.4 Å². The first-order chi connectivity index (χ1) is 14.7.